The molecule has 0 aliphatic carbocycles. The van der Waals surface area contributed by atoms with E-state index in [4.69, 9.17) is 9.47 Å². The van der Waals surface area contributed by atoms with E-state index >= 15 is 0 Å². The molecule has 2 rings (SSSR count). The number of ether oxygens (including phenoxy) is 2. The standard InChI is InChI=1S/C15H18N2O2/c1-3-16-15-10-14(8-9-17-15)19-11-12-4-6-13(18-2)7-5-12/h4-10H,3,11H2,1-2H3,(H,16,17). The van der Waals surface area contributed by atoms with Crippen molar-refractivity contribution in [1.29, 1.82) is 0 Å². The van der Waals surface area contributed by atoms with Crippen LogP contribution in [0.1, 0.15) is 12.5 Å². The number of hydrogen-bond acceptors (Lipinski definition) is 4. The summed E-state index contributed by atoms with van der Waals surface area (Å²) in [5, 5.41) is 3.15. The van der Waals surface area contributed by atoms with E-state index in [1.54, 1.807) is 13.3 Å². The Morgan fingerprint density at radius 2 is 1.89 bits per heavy atom. The summed E-state index contributed by atoms with van der Waals surface area (Å²) in [5.41, 5.74) is 1.10. The molecule has 0 aliphatic heterocycles. The maximum absolute atomic E-state index is 5.73. The van der Waals surface area contributed by atoms with E-state index in [2.05, 4.69) is 10.3 Å². The van der Waals surface area contributed by atoms with E-state index in [-0.39, 0.29) is 0 Å². The van der Waals surface area contributed by atoms with Crippen LogP contribution in [-0.2, 0) is 6.61 Å². The fourth-order valence-electron chi connectivity index (χ4n) is 1.67. The molecule has 0 fully saturated rings. The lowest BCUT2D eigenvalue weighted by molar-refractivity contribution is 0.306. The zero-order valence-corrected chi connectivity index (χ0v) is 11.2. The lowest BCUT2D eigenvalue weighted by Gasteiger charge is -2.08. The predicted molar refractivity (Wildman–Crippen MR) is 75.7 cm³/mol. The normalized spacial score (nSPS) is 10.0. The van der Waals surface area contributed by atoms with Crippen molar-refractivity contribution >= 4 is 5.82 Å². The first-order valence-electron chi connectivity index (χ1n) is 6.27. The van der Waals surface area contributed by atoms with Gasteiger partial charge in [-0.15, -0.1) is 0 Å². The van der Waals surface area contributed by atoms with E-state index in [1.807, 2.05) is 43.3 Å². The van der Waals surface area contributed by atoms with Gasteiger partial charge in [-0.25, -0.2) is 4.98 Å². The Balaban J connectivity index is 1.95. The van der Waals surface area contributed by atoms with Gasteiger partial charge in [-0.1, -0.05) is 12.1 Å². The van der Waals surface area contributed by atoms with Crippen molar-refractivity contribution in [1.82, 2.24) is 4.98 Å². The number of benzene rings is 1. The van der Waals surface area contributed by atoms with Crippen LogP contribution in [-0.4, -0.2) is 18.6 Å². The second-order valence-electron chi connectivity index (χ2n) is 4.04. The zero-order valence-electron chi connectivity index (χ0n) is 11.2. The van der Waals surface area contributed by atoms with Gasteiger partial charge in [0.25, 0.3) is 0 Å². The summed E-state index contributed by atoms with van der Waals surface area (Å²) in [6, 6.07) is 11.6. The minimum absolute atomic E-state index is 0.527. The highest BCUT2D eigenvalue weighted by Crippen LogP contribution is 2.17. The largest absolute Gasteiger partial charge is 0.497 e. The van der Waals surface area contributed by atoms with Crippen LogP contribution >= 0.6 is 0 Å². The molecule has 4 nitrogen and oxygen atoms in total. The molecule has 0 spiro atoms. The topological polar surface area (TPSA) is 43.4 Å². The number of pyridine rings is 1. The van der Waals surface area contributed by atoms with E-state index in [0.717, 1.165) is 29.4 Å². The van der Waals surface area contributed by atoms with E-state index in [0.29, 0.717) is 6.61 Å². The molecule has 0 saturated carbocycles. The molecule has 0 bridgehead atoms. The first-order valence-corrected chi connectivity index (χ1v) is 6.27. The predicted octanol–water partition coefficient (Wildman–Crippen LogP) is 3.10. The lowest BCUT2D eigenvalue weighted by atomic mass is 10.2. The Kier molecular flexibility index (Phi) is 4.61. The Morgan fingerprint density at radius 1 is 1.11 bits per heavy atom. The third-order valence-corrected chi connectivity index (χ3v) is 2.65. The van der Waals surface area contributed by atoms with Crippen LogP contribution in [0.4, 0.5) is 5.82 Å². The summed E-state index contributed by atoms with van der Waals surface area (Å²) in [4.78, 5) is 4.20. The maximum atomic E-state index is 5.73. The lowest BCUT2D eigenvalue weighted by Crippen LogP contribution is -2.00. The highest BCUT2D eigenvalue weighted by Gasteiger charge is 1.99. The SMILES string of the molecule is CCNc1cc(OCc2ccc(OC)cc2)ccn1. The first kappa shape index (κ1) is 13.2. The van der Waals surface area contributed by atoms with Crippen LogP contribution in [0.15, 0.2) is 42.6 Å². The Hall–Kier alpha value is -2.23. The van der Waals surface area contributed by atoms with Crippen molar-refractivity contribution in [2.24, 2.45) is 0 Å². The van der Waals surface area contributed by atoms with Gasteiger partial charge < -0.3 is 14.8 Å². The summed E-state index contributed by atoms with van der Waals surface area (Å²) in [6.45, 7) is 3.40. The second kappa shape index (κ2) is 6.64. The number of hydrogen-bond donors (Lipinski definition) is 1. The van der Waals surface area contributed by atoms with Crippen molar-refractivity contribution in [3.05, 3.63) is 48.2 Å². The summed E-state index contributed by atoms with van der Waals surface area (Å²) in [7, 11) is 1.66. The molecule has 19 heavy (non-hydrogen) atoms. The summed E-state index contributed by atoms with van der Waals surface area (Å²) in [6.07, 6.45) is 1.74. The van der Waals surface area contributed by atoms with Crippen molar-refractivity contribution in [2.75, 3.05) is 19.0 Å². The molecule has 1 heterocycles. The number of rotatable bonds is 6. The molecular weight excluding hydrogens is 240 g/mol. The molecule has 0 amide bonds. The first-order chi connectivity index (χ1) is 9.31. The van der Waals surface area contributed by atoms with Crippen molar-refractivity contribution in [3.8, 4) is 11.5 Å². The molecule has 1 aromatic carbocycles. The Bertz CT molecular complexity index is 512. The fourth-order valence-corrected chi connectivity index (χ4v) is 1.67. The van der Waals surface area contributed by atoms with E-state index < -0.39 is 0 Å². The van der Waals surface area contributed by atoms with Gasteiger partial charge >= 0.3 is 0 Å². The monoisotopic (exact) mass is 258 g/mol. The van der Waals surface area contributed by atoms with Gasteiger partial charge in [-0.05, 0) is 30.7 Å². The molecule has 0 unspecified atom stereocenters. The molecule has 4 heteroatoms. The molecule has 0 atom stereocenters. The molecule has 1 aromatic heterocycles. The maximum Gasteiger partial charge on any atom is 0.129 e. The van der Waals surface area contributed by atoms with Crippen molar-refractivity contribution in [3.63, 3.8) is 0 Å². The van der Waals surface area contributed by atoms with Crippen LogP contribution in [0.5, 0.6) is 11.5 Å². The smallest absolute Gasteiger partial charge is 0.129 e. The highest BCUT2D eigenvalue weighted by atomic mass is 16.5. The molecule has 0 aliphatic rings. The average molecular weight is 258 g/mol. The summed E-state index contributed by atoms with van der Waals surface area (Å²) in [5.74, 6) is 2.48. The van der Waals surface area contributed by atoms with Gasteiger partial charge in [0.15, 0.2) is 0 Å². The van der Waals surface area contributed by atoms with Gasteiger partial charge in [0.1, 0.15) is 23.9 Å². The van der Waals surface area contributed by atoms with Gasteiger partial charge in [0.2, 0.25) is 0 Å². The van der Waals surface area contributed by atoms with Crippen LogP contribution in [0.3, 0.4) is 0 Å². The highest BCUT2D eigenvalue weighted by molar-refractivity contribution is 5.40. The van der Waals surface area contributed by atoms with Crippen molar-refractivity contribution < 1.29 is 9.47 Å². The van der Waals surface area contributed by atoms with Gasteiger partial charge in [-0.2, -0.15) is 0 Å². The quantitative estimate of drug-likeness (QED) is 0.864. The number of anilines is 1. The third kappa shape index (κ3) is 3.88. The summed E-state index contributed by atoms with van der Waals surface area (Å²) < 4.78 is 10.8. The minimum atomic E-state index is 0.527. The summed E-state index contributed by atoms with van der Waals surface area (Å²) >= 11 is 0. The third-order valence-electron chi connectivity index (χ3n) is 2.65. The molecule has 2 aromatic rings. The van der Waals surface area contributed by atoms with E-state index in [1.165, 1.54) is 0 Å². The molecule has 0 saturated heterocycles. The van der Waals surface area contributed by atoms with Gasteiger partial charge in [0, 0.05) is 18.8 Å². The van der Waals surface area contributed by atoms with Gasteiger partial charge in [-0.3, -0.25) is 0 Å². The number of aromatic nitrogens is 1. The van der Waals surface area contributed by atoms with Crippen LogP contribution in [0.25, 0.3) is 0 Å². The van der Waals surface area contributed by atoms with Gasteiger partial charge in [0.05, 0.1) is 7.11 Å². The van der Waals surface area contributed by atoms with Crippen LogP contribution in [0.2, 0.25) is 0 Å². The van der Waals surface area contributed by atoms with Crippen LogP contribution in [0, 0.1) is 0 Å². The number of nitrogens with one attached hydrogen (secondary N) is 1. The average Bonchev–Trinajstić information content (AvgIpc) is 2.46. The Morgan fingerprint density at radius 3 is 2.58 bits per heavy atom. The Labute approximate surface area is 113 Å². The van der Waals surface area contributed by atoms with Crippen LogP contribution < -0.4 is 14.8 Å². The van der Waals surface area contributed by atoms with E-state index in [9.17, 15) is 0 Å². The number of nitrogens with zero attached hydrogens (tertiary/aromatic N) is 1. The zero-order chi connectivity index (χ0) is 13.5. The molecule has 0 radical (unpaired) electrons. The number of methoxy groups -OCH3 is 1. The molecule has 100 valence electrons. The minimum Gasteiger partial charge on any atom is -0.497 e. The fraction of sp³-hybridized carbons (Fsp3) is 0.267. The molecule has 1 N–H and O–H groups in total. The second-order valence-corrected chi connectivity index (χ2v) is 4.04. The molecular formula is C15H18N2O2. The van der Waals surface area contributed by atoms with Crippen molar-refractivity contribution in [2.45, 2.75) is 13.5 Å².